The second-order valence-electron chi connectivity index (χ2n) is 1.23. The van der Waals surface area contributed by atoms with E-state index in [1.807, 2.05) is 33.0 Å². The monoisotopic (exact) mass is 160 g/mol. The number of rotatable bonds is 0. The lowest BCUT2D eigenvalue weighted by Gasteiger charge is -1.78. The second kappa shape index (κ2) is 8.94. The molecule has 0 saturated carbocycles. The van der Waals surface area contributed by atoms with Crippen molar-refractivity contribution in [1.82, 2.24) is 10.6 Å². The van der Waals surface area contributed by atoms with Gasteiger partial charge in [0.25, 0.3) is 0 Å². The molecule has 4 nitrogen and oxygen atoms in total. The quantitative estimate of drug-likeness (QED) is 0.517. The van der Waals surface area contributed by atoms with Crippen LogP contribution in [0.25, 0.3) is 0 Å². The predicted molar refractivity (Wildman–Crippen MR) is 44.2 cm³/mol. The lowest BCUT2D eigenvalue weighted by atomic mass is 10.7. The highest BCUT2D eigenvalue weighted by molar-refractivity contribution is 6.01. The molecule has 4 heteroatoms. The van der Waals surface area contributed by atoms with Gasteiger partial charge in [-0.05, 0) is 0 Å². The number of carbonyl (C=O) groups is 2. The molecule has 0 aliphatic carbocycles. The van der Waals surface area contributed by atoms with Crippen LogP contribution in [0.15, 0.2) is 0 Å². The minimum atomic E-state index is -0.398. The van der Waals surface area contributed by atoms with Crippen LogP contribution in [0, 0.1) is 0 Å². The molecule has 0 spiro atoms. The van der Waals surface area contributed by atoms with Gasteiger partial charge in [0.05, 0.1) is 6.54 Å². The van der Waals surface area contributed by atoms with Gasteiger partial charge in [0.1, 0.15) is 0 Å². The number of urea groups is 1. The van der Waals surface area contributed by atoms with Gasteiger partial charge in [0, 0.05) is 0 Å². The van der Waals surface area contributed by atoms with Gasteiger partial charge in [0.15, 0.2) is 0 Å². The van der Waals surface area contributed by atoms with Crippen LogP contribution in [0.5, 0.6) is 0 Å². The first kappa shape index (κ1) is 12.6. The lowest BCUT2D eigenvalue weighted by Crippen LogP contribution is -2.22. The highest BCUT2D eigenvalue weighted by Gasteiger charge is 2.14. The molecule has 1 aliphatic heterocycles. The van der Waals surface area contributed by atoms with Crippen molar-refractivity contribution in [2.75, 3.05) is 6.54 Å². The summed E-state index contributed by atoms with van der Waals surface area (Å²) in [6, 6.07) is -0.398. The largest absolute Gasteiger partial charge is 0.329 e. The van der Waals surface area contributed by atoms with E-state index in [4.69, 9.17) is 0 Å². The molecule has 1 saturated heterocycles. The second-order valence-corrected chi connectivity index (χ2v) is 1.23. The Hall–Kier alpha value is -1.06. The first-order chi connectivity index (χ1) is 5.29. The van der Waals surface area contributed by atoms with E-state index in [9.17, 15) is 9.59 Å². The van der Waals surface area contributed by atoms with Crippen LogP contribution in [-0.4, -0.2) is 18.5 Å². The zero-order valence-electron chi connectivity index (χ0n) is 7.52. The molecule has 11 heavy (non-hydrogen) atoms. The summed E-state index contributed by atoms with van der Waals surface area (Å²) in [6.07, 6.45) is 0. The van der Waals surface area contributed by atoms with Gasteiger partial charge in [-0.15, -0.1) is 0 Å². The zero-order valence-corrected chi connectivity index (χ0v) is 7.52. The molecule has 1 aliphatic rings. The fourth-order valence-electron chi connectivity index (χ4n) is 0.376. The summed E-state index contributed by atoms with van der Waals surface area (Å²) in [7, 11) is 0. The summed E-state index contributed by atoms with van der Waals surface area (Å²) in [5, 5.41) is 4.30. The number of nitrogens with one attached hydrogen (secondary N) is 2. The van der Waals surface area contributed by atoms with Gasteiger partial charge in [-0.2, -0.15) is 0 Å². The van der Waals surface area contributed by atoms with Gasteiger partial charge in [-0.3, -0.25) is 10.1 Å². The van der Waals surface area contributed by atoms with Crippen LogP contribution in [0.2, 0.25) is 0 Å². The van der Waals surface area contributed by atoms with E-state index in [1.54, 1.807) is 0 Å². The van der Waals surface area contributed by atoms with E-state index < -0.39 is 6.03 Å². The predicted octanol–water partition coefficient (Wildman–Crippen LogP) is 0.878. The van der Waals surface area contributed by atoms with Crippen LogP contribution in [0.4, 0.5) is 4.79 Å². The average Bonchev–Trinajstić information content (AvgIpc) is 2.43. The van der Waals surface area contributed by atoms with Gasteiger partial charge >= 0.3 is 6.03 Å². The van der Waals surface area contributed by atoms with E-state index in [-0.39, 0.29) is 12.5 Å². The molecule has 1 fully saturated rings. The number of hydrogen-bond donors (Lipinski definition) is 2. The lowest BCUT2D eigenvalue weighted by molar-refractivity contribution is -0.117. The van der Waals surface area contributed by atoms with Crippen LogP contribution >= 0.6 is 0 Å². The standard InChI is InChI=1S/C3H4N2O2.2C2H6/c6-2-1-4-3(7)5-2;2*1-2/h1H2,(H2,4,5,6,7);2*1-2H3. The Bertz CT molecular complexity index is 110. The maximum absolute atomic E-state index is 10.1. The smallest absolute Gasteiger partial charge is 0.321 e. The minimum absolute atomic E-state index is 0.124. The maximum atomic E-state index is 10.1. The van der Waals surface area contributed by atoms with Gasteiger partial charge in [-0.1, -0.05) is 27.7 Å². The van der Waals surface area contributed by atoms with Crippen LogP contribution < -0.4 is 10.6 Å². The van der Waals surface area contributed by atoms with Gasteiger partial charge < -0.3 is 5.32 Å². The Balaban J connectivity index is 0. The molecule has 0 aromatic rings. The zero-order chi connectivity index (χ0) is 9.28. The van der Waals surface area contributed by atoms with Crippen molar-refractivity contribution in [3.8, 4) is 0 Å². The maximum Gasteiger partial charge on any atom is 0.321 e. The summed E-state index contributed by atoms with van der Waals surface area (Å²) >= 11 is 0. The minimum Gasteiger partial charge on any atom is -0.329 e. The molecular weight excluding hydrogens is 144 g/mol. The average molecular weight is 160 g/mol. The molecule has 1 rings (SSSR count). The third-order valence-electron chi connectivity index (χ3n) is 0.662. The van der Waals surface area contributed by atoms with E-state index in [0.717, 1.165) is 0 Å². The van der Waals surface area contributed by atoms with Gasteiger partial charge in [-0.25, -0.2) is 4.79 Å². The molecule has 2 N–H and O–H groups in total. The molecule has 1 heterocycles. The highest BCUT2D eigenvalue weighted by atomic mass is 16.2. The van der Waals surface area contributed by atoms with Crippen molar-refractivity contribution in [1.29, 1.82) is 0 Å². The summed E-state index contributed by atoms with van der Waals surface area (Å²) in [6.45, 7) is 8.12. The fraction of sp³-hybridized carbons (Fsp3) is 0.714. The Kier molecular flexibility index (Phi) is 10.2. The van der Waals surface area contributed by atoms with Crippen molar-refractivity contribution in [2.24, 2.45) is 0 Å². The number of imide groups is 1. The topological polar surface area (TPSA) is 58.2 Å². The molecule has 3 amide bonds. The first-order valence-electron chi connectivity index (χ1n) is 3.87. The third kappa shape index (κ3) is 6.83. The molecule has 0 unspecified atom stereocenters. The third-order valence-corrected chi connectivity index (χ3v) is 0.662. The van der Waals surface area contributed by atoms with Gasteiger partial charge in [0.2, 0.25) is 5.91 Å². The molecular formula is C7H16N2O2. The molecule has 0 radical (unpaired) electrons. The Morgan fingerprint density at radius 3 is 1.64 bits per heavy atom. The Morgan fingerprint density at radius 2 is 1.55 bits per heavy atom. The van der Waals surface area contributed by atoms with Crippen molar-refractivity contribution < 1.29 is 9.59 Å². The fourth-order valence-corrected chi connectivity index (χ4v) is 0.376. The molecule has 0 bridgehead atoms. The number of amides is 3. The van der Waals surface area contributed by atoms with E-state index >= 15 is 0 Å². The molecule has 0 aromatic heterocycles. The Morgan fingerprint density at radius 1 is 1.09 bits per heavy atom. The van der Waals surface area contributed by atoms with Crippen molar-refractivity contribution >= 4 is 11.9 Å². The van der Waals surface area contributed by atoms with Crippen molar-refractivity contribution in [3.63, 3.8) is 0 Å². The van der Waals surface area contributed by atoms with E-state index in [2.05, 4.69) is 5.32 Å². The normalized spacial score (nSPS) is 13.1. The first-order valence-corrected chi connectivity index (χ1v) is 3.87. The molecule has 0 atom stereocenters. The van der Waals surface area contributed by atoms with Crippen molar-refractivity contribution in [3.05, 3.63) is 0 Å². The SMILES string of the molecule is CC.CC.O=C1CNC(=O)N1. The molecule has 66 valence electrons. The van der Waals surface area contributed by atoms with Crippen LogP contribution in [0.3, 0.4) is 0 Å². The summed E-state index contributed by atoms with van der Waals surface area (Å²) in [5.74, 6) is -0.259. The number of carbonyl (C=O) groups excluding carboxylic acids is 2. The summed E-state index contributed by atoms with van der Waals surface area (Å²) in [4.78, 5) is 20.1. The van der Waals surface area contributed by atoms with Crippen LogP contribution in [-0.2, 0) is 4.79 Å². The summed E-state index contributed by atoms with van der Waals surface area (Å²) in [5.41, 5.74) is 0. The van der Waals surface area contributed by atoms with Crippen LogP contribution in [0.1, 0.15) is 27.7 Å². The van der Waals surface area contributed by atoms with Crippen molar-refractivity contribution in [2.45, 2.75) is 27.7 Å². The number of hydrogen-bond acceptors (Lipinski definition) is 2. The Labute approximate surface area is 67.4 Å². The summed E-state index contributed by atoms with van der Waals surface area (Å²) < 4.78 is 0. The van der Waals surface area contributed by atoms with E-state index in [1.165, 1.54) is 0 Å². The highest BCUT2D eigenvalue weighted by Crippen LogP contribution is 1.73. The van der Waals surface area contributed by atoms with E-state index in [0.29, 0.717) is 0 Å². The molecule has 0 aromatic carbocycles.